The van der Waals surface area contributed by atoms with Gasteiger partial charge >= 0.3 is 92.4 Å². The van der Waals surface area contributed by atoms with Gasteiger partial charge in [-0.05, 0) is 0 Å². The second kappa shape index (κ2) is 15.2. The molecule has 0 aliphatic rings. The minimum Gasteiger partial charge on any atom is -0.870 e. The van der Waals surface area contributed by atoms with Crippen molar-refractivity contribution in [3.05, 3.63) is 25.1 Å². The Kier molecular flexibility index (Phi) is 16.0. The molecule has 1 nitrogen and oxygen atoms in total. The van der Waals surface area contributed by atoms with Crippen molar-refractivity contribution < 1.29 is 5.11 Å². The van der Waals surface area contributed by atoms with Crippen LogP contribution in [0.3, 0.4) is 0 Å². The van der Waals surface area contributed by atoms with Crippen LogP contribution in [0.2, 0.25) is 38.4 Å². The van der Waals surface area contributed by atoms with Gasteiger partial charge < -0.3 is 5.11 Å². The van der Waals surface area contributed by atoms with Crippen LogP contribution < -0.4 is 5.11 Å². The van der Waals surface area contributed by atoms with Crippen molar-refractivity contribution in [2.24, 2.45) is 0 Å². The molecule has 0 atom stereocenters. The molecule has 0 bridgehead atoms. The predicted molar refractivity (Wildman–Crippen MR) is 116 cm³/mol. The van der Waals surface area contributed by atoms with E-state index < -0.39 is 25.5 Å². The summed E-state index contributed by atoms with van der Waals surface area (Å²) >= 11 is 26.8. The molecule has 0 N–H and O–H groups in total. The van der Waals surface area contributed by atoms with E-state index in [0.717, 1.165) is 0 Å². The molecule has 0 saturated carbocycles. The van der Waals surface area contributed by atoms with Crippen LogP contribution in [0.1, 0.15) is 59.3 Å². The standard InChI is InChI=1S/C6HCl5O.3C4H9.Sn/c7-1-2(8)4(10)6(12)5(11)3(1)9;3*1-3-4-2;/h12H;3*1,3-4H2,2H3;/q;;;;+1/p-1. The van der Waals surface area contributed by atoms with E-state index in [1.54, 1.807) is 13.3 Å². The van der Waals surface area contributed by atoms with Gasteiger partial charge in [-0.3, -0.25) is 0 Å². The largest absolute Gasteiger partial charge is 0.870 e. The van der Waals surface area contributed by atoms with Gasteiger partial charge in [0, 0.05) is 0 Å². The molecule has 0 spiro atoms. The van der Waals surface area contributed by atoms with E-state index in [1.807, 2.05) is 0 Å². The Hall–Kier alpha value is 1.27. The Morgan fingerprint density at radius 2 is 0.880 bits per heavy atom. The predicted octanol–water partition coefficient (Wildman–Crippen LogP) is 8.91. The van der Waals surface area contributed by atoms with E-state index in [1.165, 1.54) is 38.5 Å². The number of hydrogen-bond acceptors (Lipinski definition) is 1. The molecule has 0 heterocycles. The molecule has 144 valence electrons. The number of benzene rings is 1. The number of halogens is 5. The van der Waals surface area contributed by atoms with E-state index in [9.17, 15) is 5.11 Å². The number of unbranched alkanes of at least 4 members (excludes halogenated alkanes) is 3. The van der Waals surface area contributed by atoms with Crippen molar-refractivity contribution >= 4 is 77.8 Å². The van der Waals surface area contributed by atoms with Gasteiger partial charge in [-0.25, -0.2) is 0 Å². The van der Waals surface area contributed by atoms with Crippen molar-refractivity contribution in [3.8, 4) is 5.75 Å². The van der Waals surface area contributed by atoms with Crippen LogP contribution in [0.4, 0.5) is 0 Å². The molecule has 0 radical (unpaired) electrons. The molecule has 0 fully saturated rings. The van der Waals surface area contributed by atoms with Crippen molar-refractivity contribution in [2.75, 3.05) is 0 Å². The summed E-state index contributed by atoms with van der Waals surface area (Å²) in [6.45, 7) is 7.00. The third-order valence-corrected chi connectivity index (χ3v) is 15.1. The fourth-order valence-corrected chi connectivity index (χ4v) is 12.8. The Morgan fingerprint density at radius 1 is 0.600 bits per heavy atom. The second-order valence-electron chi connectivity index (χ2n) is 5.96. The van der Waals surface area contributed by atoms with E-state index in [4.69, 9.17) is 58.0 Å². The normalized spacial score (nSPS) is 10.4. The summed E-state index contributed by atoms with van der Waals surface area (Å²) < 4.78 is 5.04. The smallest absolute Gasteiger partial charge is 0.0808 e. The van der Waals surface area contributed by atoms with E-state index in [2.05, 4.69) is 20.8 Å². The quantitative estimate of drug-likeness (QED) is 0.170. The minimum atomic E-state index is -0.839. The Balaban J connectivity index is 0.000000462. The molecule has 1 aromatic carbocycles. The van der Waals surface area contributed by atoms with Crippen LogP contribution in [0.25, 0.3) is 0 Å². The monoisotopic (exact) mass is 554 g/mol. The van der Waals surface area contributed by atoms with Crippen LogP contribution in [0.5, 0.6) is 5.75 Å². The summed E-state index contributed by atoms with van der Waals surface area (Å²) in [4.78, 5) is 0. The van der Waals surface area contributed by atoms with Crippen LogP contribution in [0, 0.1) is 0 Å². The molecule has 0 aliphatic heterocycles. The first-order chi connectivity index (χ1) is 11.8. The van der Waals surface area contributed by atoms with Gasteiger partial charge in [0.25, 0.3) is 0 Å². The molecule has 0 saturated heterocycles. The molecule has 1 rings (SSSR count). The fourth-order valence-electron chi connectivity index (χ4n) is 2.24. The van der Waals surface area contributed by atoms with Crippen molar-refractivity contribution in [3.63, 3.8) is 0 Å². The first kappa shape index (κ1) is 26.3. The zero-order valence-corrected chi connectivity index (χ0v) is 21.8. The van der Waals surface area contributed by atoms with Crippen LogP contribution in [-0.2, 0) is 0 Å². The maximum atomic E-state index is 11.1. The summed E-state index contributed by atoms with van der Waals surface area (Å²) in [6.07, 6.45) is 8.85. The molecule has 0 amide bonds. The van der Waals surface area contributed by atoms with Crippen LogP contribution in [0.15, 0.2) is 0 Å². The first-order valence-corrected chi connectivity index (χ1v) is 16.8. The fraction of sp³-hybridized carbons (Fsp3) is 0.667. The minimum absolute atomic E-state index is 0.00654. The Bertz CT molecular complexity index is 387. The van der Waals surface area contributed by atoms with Crippen LogP contribution in [-0.4, -0.2) is 19.8 Å². The van der Waals surface area contributed by atoms with Crippen LogP contribution >= 0.6 is 58.0 Å². The van der Waals surface area contributed by atoms with Crippen molar-refractivity contribution in [1.29, 1.82) is 0 Å². The second-order valence-corrected chi connectivity index (χ2v) is 16.4. The van der Waals surface area contributed by atoms with Gasteiger partial charge in [-0.15, -0.1) is 0 Å². The summed E-state index contributed by atoms with van der Waals surface area (Å²) in [5.74, 6) is -0.613. The zero-order chi connectivity index (χ0) is 19.4. The first-order valence-electron chi connectivity index (χ1n) is 8.83. The molecule has 25 heavy (non-hydrogen) atoms. The van der Waals surface area contributed by atoms with Crippen molar-refractivity contribution in [1.82, 2.24) is 0 Å². The Morgan fingerprint density at radius 3 is 1.16 bits per heavy atom. The summed E-state index contributed by atoms with van der Waals surface area (Å²) in [5, 5.41) is 10.5. The zero-order valence-electron chi connectivity index (χ0n) is 15.2. The average Bonchev–Trinajstić information content (AvgIpc) is 2.63. The van der Waals surface area contributed by atoms with Gasteiger partial charge in [0.1, 0.15) is 0 Å². The molecule has 0 aromatic heterocycles. The topological polar surface area (TPSA) is 23.1 Å². The third kappa shape index (κ3) is 9.85. The van der Waals surface area contributed by atoms with E-state index in [-0.39, 0.29) is 25.1 Å². The Labute approximate surface area is 185 Å². The maximum absolute atomic E-state index is 11.1. The van der Waals surface area contributed by atoms with E-state index >= 15 is 0 Å². The molecule has 0 aliphatic carbocycles. The molecular weight excluding hydrogens is 528 g/mol. The van der Waals surface area contributed by atoms with Gasteiger partial charge in [0.2, 0.25) is 0 Å². The summed E-state index contributed by atoms with van der Waals surface area (Å²) in [5.41, 5.74) is 0. The van der Waals surface area contributed by atoms with E-state index in [0.29, 0.717) is 0 Å². The number of rotatable bonds is 9. The van der Waals surface area contributed by atoms with Gasteiger partial charge in [-0.2, -0.15) is 0 Å². The van der Waals surface area contributed by atoms with Gasteiger partial charge in [0.15, 0.2) is 0 Å². The average molecular weight is 555 g/mol. The molecule has 7 heteroatoms. The third-order valence-electron chi connectivity index (χ3n) is 3.82. The maximum Gasteiger partial charge on any atom is 0.0808 e. The molecular formula is C18H27Cl5OSn. The SMILES string of the molecule is CCC[CH2][Sn+]([CH2]CCC)[CH2]CCC.[O-]c1c(Cl)c(Cl)c(Cl)c(Cl)c1Cl. The molecule has 0 unspecified atom stereocenters. The van der Waals surface area contributed by atoms with Gasteiger partial charge in [0.05, 0.1) is 25.1 Å². The summed E-state index contributed by atoms with van der Waals surface area (Å²) in [6, 6.07) is 0. The van der Waals surface area contributed by atoms with Gasteiger partial charge in [-0.1, -0.05) is 63.8 Å². The summed E-state index contributed by atoms with van der Waals surface area (Å²) in [7, 11) is 0. The molecule has 1 aromatic rings. The van der Waals surface area contributed by atoms with Crippen molar-refractivity contribution in [2.45, 2.75) is 72.6 Å². The number of hydrogen-bond donors (Lipinski definition) is 0.